The first kappa shape index (κ1) is 16.2. The second-order valence-electron chi connectivity index (χ2n) is 4.77. The topological polar surface area (TPSA) is 76.1 Å². The van der Waals surface area contributed by atoms with Crippen molar-refractivity contribution in [3.63, 3.8) is 0 Å². The minimum Gasteiger partial charge on any atom is -0.481 e. The van der Waals surface area contributed by atoms with Gasteiger partial charge in [-0.25, -0.2) is 14.8 Å². The summed E-state index contributed by atoms with van der Waals surface area (Å²) in [5.74, 6) is 0.530. The molecule has 0 spiro atoms. The molecule has 0 unspecified atom stereocenters. The predicted octanol–water partition coefficient (Wildman–Crippen LogP) is 2.67. The van der Waals surface area contributed by atoms with Gasteiger partial charge in [-0.05, 0) is 25.0 Å². The number of nitrogens with one attached hydrogen (secondary N) is 2. The van der Waals surface area contributed by atoms with Crippen LogP contribution in [0.4, 0.5) is 4.79 Å². The van der Waals surface area contributed by atoms with E-state index in [1.165, 1.54) is 0 Å². The molecule has 0 saturated heterocycles. The molecular formula is C15H20N4O2S. The normalized spacial score (nSPS) is 11.8. The van der Waals surface area contributed by atoms with Crippen LogP contribution in [0.25, 0.3) is 0 Å². The number of hydrogen-bond donors (Lipinski definition) is 2. The largest absolute Gasteiger partial charge is 0.481 e. The fourth-order valence-electron chi connectivity index (χ4n) is 1.86. The number of methoxy groups -OCH3 is 1. The van der Waals surface area contributed by atoms with E-state index < -0.39 is 0 Å². The number of aryl methyl sites for hydroxylation is 1. The molecule has 2 N–H and O–H groups in total. The van der Waals surface area contributed by atoms with Crippen LogP contribution in [0, 0.1) is 0 Å². The van der Waals surface area contributed by atoms with Crippen LogP contribution < -0.4 is 15.4 Å². The van der Waals surface area contributed by atoms with E-state index in [4.69, 9.17) is 4.74 Å². The van der Waals surface area contributed by atoms with Crippen LogP contribution in [0.5, 0.6) is 5.88 Å². The molecule has 0 bridgehead atoms. The smallest absolute Gasteiger partial charge is 0.315 e. The average molecular weight is 320 g/mol. The van der Waals surface area contributed by atoms with Gasteiger partial charge in [-0.15, -0.1) is 11.3 Å². The van der Waals surface area contributed by atoms with Crippen molar-refractivity contribution >= 4 is 17.4 Å². The number of hydrogen-bond acceptors (Lipinski definition) is 5. The van der Waals surface area contributed by atoms with E-state index in [1.54, 1.807) is 30.7 Å². The van der Waals surface area contributed by atoms with Gasteiger partial charge in [-0.2, -0.15) is 0 Å². The van der Waals surface area contributed by atoms with E-state index in [0.29, 0.717) is 12.4 Å². The molecule has 22 heavy (non-hydrogen) atoms. The monoisotopic (exact) mass is 320 g/mol. The van der Waals surface area contributed by atoms with E-state index in [9.17, 15) is 4.79 Å². The Balaban J connectivity index is 1.84. The Morgan fingerprint density at radius 2 is 2.32 bits per heavy atom. The third-order valence-corrected chi connectivity index (χ3v) is 4.14. The van der Waals surface area contributed by atoms with Crippen LogP contribution in [0.1, 0.15) is 36.2 Å². The highest BCUT2D eigenvalue weighted by Gasteiger charge is 2.12. The maximum absolute atomic E-state index is 11.9. The van der Waals surface area contributed by atoms with Crippen molar-refractivity contribution in [2.75, 3.05) is 7.11 Å². The summed E-state index contributed by atoms with van der Waals surface area (Å²) in [6, 6.07) is 3.27. The molecule has 118 valence electrons. The molecule has 2 heterocycles. The van der Waals surface area contributed by atoms with Gasteiger partial charge in [0.2, 0.25) is 5.88 Å². The van der Waals surface area contributed by atoms with E-state index >= 15 is 0 Å². The molecule has 0 fully saturated rings. The third-order valence-electron chi connectivity index (χ3n) is 3.12. The summed E-state index contributed by atoms with van der Waals surface area (Å²) in [5.41, 5.74) is 1.82. The lowest BCUT2D eigenvalue weighted by Gasteiger charge is -2.13. The summed E-state index contributed by atoms with van der Waals surface area (Å²) in [6.45, 7) is 4.40. The molecule has 2 aromatic heterocycles. The molecule has 6 nitrogen and oxygen atoms in total. The average Bonchev–Trinajstić information content (AvgIpc) is 3.02. The van der Waals surface area contributed by atoms with Crippen molar-refractivity contribution in [2.24, 2.45) is 0 Å². The number of urea groups is 1. The lowest BCUT2D eigenvalue weighted by molar-refractivity contribution is 0.237. The SMILES string of the molecule is CCc1nc([C@@H](C)NC(=O)NCc2ccnc(OC)c2)cs1. The molecule has 2 rings (SSSR count). The maximum Gasteiger partial charge on any atom is 0.315 e. The molecule has 0 aliphatic carbocycles. The highest BCUT2D eigenvalue weighted by atomic mass is 32.1. The number of amides is 2. The highest BCUT2D eigenvalue weighted by molar-refractivity contribution is 7.09. The van der Waals surface area contributed by atoms with Crippen molar-refractivity contribution in [1.29, 1.82) is 0 Å². The number of nitrogens with zero attached hydrogens (tertiary/aromatic N) is 2. The number of carbonyl (C=O) groups excluding carboxylic acids is 1. The Hall–Kier alpha value is -2.15. The van der Waals surface area contributed by atoms with E-state index in [2.05, 4.69) is 27.5 Å². The summed E-state index contributed by atoms with van der Waals surface area (Å²) in [5, 5.41) is 8.75. The van der Waals surface area contributed by atoms with Gasteiger partial charge in [-0.1, -0.05) is 6.92 Å². The molecule has 7 heteroatoms. The molecule has 1 atom stereocenters. The van der Waals surface area contributed by atoms with Gasteiger partial charge in [0.05, 0.1) is 23.9 Å². The van der Waals surface area contributed by atoms with Gasteiger partial charge in [0.15, 0.2) is 0 Å². The summed E-state index contributed by atoms with van der Waals surface area (Å²) in [6.07, 6.45) is 2.56. The van der Waals surface area contributed by atoms with Gasteiger partial charge in [0.25, 0.3) is 0 Å². The fraction of sp³-hybridized carbons (Fsp3) is 0.400. The van der Waals surface area contributed by atoms with Gasteiger partial charge < -0.3 is 15.4 Å². The van der Waals surface area contributed by atoms with Crippen LogP contribution in [0.15, 0.2) is 23.7 Å². The lowest BCUT2D eigenvalue weighted by Crippen LogP contribution is -2.36. The third kappa shape index (κ3) is 4.42. The van der Waals surface area contributed by atoms with Gasteiger partial charge >= 0.3 is 6.03 Å². The Morgan fingerprint density at radius 3 is 3.00 bits per heavy atom. The fourth-order valence-corrected chi connectivity index (χ4v) is 2.70. The van der Waals surface area contributed by atoms with Crippen LogP contribution in [-0.2, 0) is 13.0 Å². The Bertz CT molecular complexity index is 630. The minimum absolute atomic E-state index is 0.122. The summed E-state index contributed by atoms with van der Waals surface area (Å²) >= 11 is 1.62. The Labute approximate surface area is 133 Å². The zero-order valence-electron chi connectivity index (χ0n) is 12.9. The van der Waals surface area contributed by atoms with Crippen molar-refractivity contribution in [1.82, 2.24) is 20.6 Å². The molecule has 0 aliphatic heterocycles. The predicted molar refractivity (Wildman–Crippen MR) is 86.1 cm³/mol. The zero-order valence-corrected chi connectivity index (χ0v) is 13.7. The van der Waals surface area contributed by atoms with Gasteiger partial charge in [-0.3, -0.25) is 0 Å². The van der Waals surface area contributed by atoms with E-state index in [-0.39, 0.29) is 12.1 Å². The number of ether oxygens (including phenoxy) is 1. The van der Waals surface area contributed by atoms with Crippen LogP contribution >= 0.6 is 11.3 Å². The Morgan fingerprint density at radius 1 is 1.50 bits per heavy atom. The zero-order chi connectivity index (χ0) is 15.9. The standard InChI is InChI=1S/C15H20N4O2S/c1-4-14-19-12(9-22-14)10(2)18-15(20)17-8-11-5-6-16-13(7-11)21-3/h5-7,9-10H,4,8H2,1-3H3,(H2,17,18,20)/t10-/m1/s1. The first-order valence-electron chi connectivity index (χ1n) is 7.10. The van der Waals surface area contributed by atoms with Crippen LogP contribution in [-0.4, -0.2) is 23.1 Å². The maximum atomic E-state index is 11.9. The van der Waals surface area contributed by atoms with Crippen molar-refractivity contribution in [3.05, 3.63) is 40.0 Å². The number of carbonyl (C=O) groups is 1. The van der Waals surface area contributed by atoms with Gasteiger partial charge in [0.1, 0.15) is 0 Å². The number of rotatable bonds is 6. The molecule has 0 saturated carbocycles. The van der Waals surface area contributed by atoms with Crippen molar-refractivity contribution in [3.8, 4) is 5.88 Å². The number of pyridine rings is 1. The van der Waals surface area contributed by atoms with E-state index in [0.717, 1.165) is 22.7 Å². The number of thiazole rings is 1. The summed E-state index contributed by atoms with van der Waals surface area (Å²) < 4.78 is 5.05. The summed E-state index contributed by atoms with van der Waals surface area (Å²) in [4.78, 5) is 20.4. The molecule has 0 aromatic carbocycles. The van der Waals surface area contributed by atoms with Crippen molar-refractivity contribution < 1.29 is 9.53 Å². The molecular weight excluding hydrogens is 300 g/mol. The molecule has 0 aliphatic rings. The second kappa shape index (κ2) is 7.74. The minimum atomic E-state index is -0.227. The number of aromatic nitrogens is 2. The molecule has 2 aromatic rings. The first-order chi connectivity index (χ1) is 10.6. The highest BCUT2D eigenvalue weighted by Crippen LogP contribution is 2.16. The quantitative estimate of drug-likeness (QED) is 0.858. The van der Waals surface area contributed by atoms with Crippen LogP contribution in [0.2, 0.25) is 0 Å². The lowest BCUT2D eigenvalue weighted by atomic mass is 10.2. The first-order valence-corrected chi connectivity index (χ1v) is 7.98. The molecule has 0 radical (unpaired) electrons. The van der Waals surface area contributed by atoms with Crippen molar-refractivity contribution in [2.45, 2.75) is 32.9 Å². The van der Waals surface area contributed by atoms with Crippen LogP contribution in [0.3, 0.4) is 0 Å². The second-order valence-corrected chi connectivity index (χ2v) is 5.72. The van der Waals surface area contributed by atoms with Gasteiger partial charge in [0, 0.05) is 24.2 Å². The summed E-state index contributed by atoms with van der Waals surface area (Å²) in [7, 11) is 1.56. The van der Waals surface area contributed by atoms with E-state index in [1.807, 2.05) is 18.4 Å². The Kier molecular flexibility index (Phi) is 5.71. The molecule has 2 amide bonds.